The molecule has 0 aliphatic heterocycles. The summed E-state index contributed by atoms with van der Waals surface area (Å²) in [6, 6.07) is 5.64. The van der Waals surface area contributed by atoms with Crippen molar-refractivity contribution in [2.24, 2.45) is 0 Å². The zero-order chi connectivity index (χ0) is 13.7. The van der Waals surface area contributed by atoms with Gasteiger partial charge in [-0.3, -0.25) is 14.9 Å². The number of aliphatic hydroxyl groups excluding tert-OH is 1. The molecule has 0 aliphatic rings. The number of nitrogens with zero attached hydrogens (tertiary/aromatic N) is 1. The molecule has 6 nitrogen and oxygen atoms in total. The zero-order valence-corrected chi connectivity index (χ0v) is 10.3. The van der Waals surface area contributed by atoms with Crippen LogP contribution in [0.1, 0.15) is 25.3 Å². The minimum atomic E-state index is -0.501. The number of nitro groups is 1. The highest BCUT2D eigenvalue weighted by Gasteiger charge is 2.18. The Bertz CT molecular complexity index is 447. The van der Waals surface area contributed by atoms with Crippen molar-refractivity contribution in [1.82, 2.24) is 5.32 Å². The molecule has 0 aliphatic carbocycles. The maximum Gasteiger partial charge on any atom is 0.269 e. The maximum absolute atomic E-state index is 11.8. The Morgan fingerprint density at radius 3 is 2.72 bits per heavy atom. The molecule has 0 spiro atoms. The minimum Gasteiger partial charge on any atom is -0.394 e. The van der Waals surface area contributed by atoms with Crippen LogP contribution >= 0.6 is 0 Å². The maximum atomic E-state index is 11.8. The lowest BCUT2D eigenvalue weighted by Gasteiger charge is -2.15. The van der Waals surface area contributed by atoms with Gasteiger partial charge >= 0.3 is 0 Å². The van der Waals surface area contributed by atoms with Crippen molar-refractivity contribution in [2.45, 2.75) is 25.8 Å². The van der Waals surface area contributed by atoms with E-state index in [0.717, 1.165) is 0 Å². The number of amides is 1. The third kappa shape index (κ3) is 3.53. The second-order valence-corrected chi connectivity index (χ2v) is 4.17. The highest BCUT2D eigenvalue weighted by atomic mass is 16.6. The summed E-state index contributed by atoms with van der Waals surface area (Å²) in [5.41, 5.74) is 0.536. The monoisotopic (exact) mass is 252 g/mol. The predicted octanol–water partition coefficient (Wildman–Crippen LogP) is 1.20. The molecule has 6 heteroatoms. The SMILES string of the molecule is CC(C(=O)N[C@H](C)CO)c1cccc([N+](=O)[O-])c1. The zero-order valence-electron chi connectivity index (χ0n) is 10.3. The summed E-state index contributed by atoms with van der Waals surface area (Å²) in [6.45, 7) is 3.20. The Kier molecular flexibility index (Phi) is 4.79. The second kappa shape index (κ2) is 6.11. The molecule has 0 saturated heterocycles. The van der Waals surface area contributed by atoms with Gasteiger partial charge in [-0.1, -0.05) is 12.1 Å². The van der Waals surface area contributed by atoms with Crippen molar-refractivity contribution in [1.29, 1.82) is 0 Å². The van der Waals surface area contributed by atoms with Crippen molar-refractivity contribution in [3.05, 3.63) is 39.9 Å². The first-order chi connectivity index (χ1) is 8.45. The molecule has 0 heterocycles. The van der Waals surface area contributed by atoms with Crippen LogP contribution in [0.2, 0.25) is 0 Å². The Morgan fingerprint density at radius 2 is 2.17 bits per heavy atom. The van der Waals surface area contributed by atoms with Gasteiger partial charge in [0.05, 0.1) is 17.4 Å². The van der Waals surface area contributed by atoms with E-state index in [1.165, 1.54) is 12.1 Å². The van der Waals surface area contributed by atoms with Crippen LogP contribution in [-0.2, 0) is 4.79 Å². The van der Waals surface area contributed by atoms with Crippen LogP contribution in [0.4, 0.5) is 5.69 Å². The summed E-state index contributed by atoms with van der Waals surface area (Å²) in [5, 5.41) is 22.1. The minimum absolute atomic E-state index is 0.0395. The van der Waals surface area contributed by atoms with Crippen LogP contribution in [0.3, 0.4) is 0 Å². The number of nitro benzene ring substituents is 1. The fourth-order valence-electron chi connectivity index (χ4n) is 1.47. The Hall–Kier alpha value is -1.95. The Labute approximate surface area is 105 Å². The van der Waals surface area contributed by atoms with Crippen LogP contribution in [0, 0.1) is 10.1 Å². The molecule has 0 radical (unpaired) electrons. The first-order valence-electron chi connectivity index (χ1n) is 5.61. The first kappa shape index (κ1) is 14.1. The van der Waals surface area contributed by atoms with Crippen molar-refractivity contribution in [3.63, 3.8) is 0 Å². The third-order valence-corrected chi connectivity index (χ3v) is 2.64. The smallest absolute Gasteiger partial charge is 0.269 e. The van der Waals surface area contributed by atoms with Gasteiger partial charge in [0, 0.05) is 18.2 Å². The number of hydrogen-bond donors (Lipinski definition) is 2. The lowest BCUT2D eigenvalue weighted by atomic mass is 9.99. The third-order valence-electron chi connectivity index (χ3n) is 2.64. The van der Waals surface area contributed by atoms with Gasteiger partial charge in [-0.05, 0) is 19.4 Å². The van der Waals surface area contributed by atoms with Gasteiger partial charge in [-0.15, -0.1) is 0 Å². The topological polar surface area (TPSA) is 92.5 Å². The molecule has 0 saturated carbocycles. The molecular formula is C12H16N2O4. The van der Waals surface area contributed by atoms with Gasteiger partial charge in [0.15, 0.2) is 0 Å². The van der Waals surface area contributed by atoms with Crippen molar-refractivity contribution in [2.75, 3.05) is 6.61 Å². The number of benzene rings is 1. The molecule has 1 amide bonds. The summed E-state index contributed by atoms with van der Waals surface area (Å²) in [5.74, 6) is -0.768. The van der Waals surface area contributed by atoms with E-state index < -0.39 is 10.8 Å². The quantitative estimate of drug-likeness (QED) is 0.608. The molecule has 1 aromatic carbocycles. The van der Waals surface area contributed by atoms with E-state index >= 15 is 0 Å². The number of carbonyl (C=O) groups excluding carboxylic acids is 1. The molecule has 98 valence electrons. The summed E-state index contributed by atoms with van der Waals surface area (Å²) >= 11 is 0. The number of non-ortho nitro benzene ring substituents is 1. The number of carbonyl (C=O) groups is 1. The van der Waals surface area contributed by atoms with E-state index in [2.05, 4.69) is 5.32 Å². The van der Waals surface area contributed by atoms with Crippen LogP contribution in [-0.4, -0.2) is 28.6 Å². The average molecular weight is 252 g/mol. The molecule has 1 aromatic rings. The fourth-order valence-corrected chi connectivity index (χ4v) is 1.47. The summed E-state index contributed by atoms with van der Waals surface area (Å²) in [4.78, 5) is 21.9. The predicted molar refractivity (Wildman–Crippen MR) is 66.2 cm³/mol. The molecule has 1 rings (SSSR count). The van der Waals surface area contributed by atoms with E-state index in [1.807, 2.05) is 0 Å². The molecule has 2 atom stereocenters. The highest BCUT2D eigenvalue weighted by Crippen LogP contribution is 2.20. The summed E-state index contributed by atoms with van der Waals surface area (Å²) in [7, 11) is 0. The molecule has 0 fully saturated rings. The van der Waals surface area contributed by atoms with Crippen molar-refractivity contribution >= 4 is 11.6 Å². The van der Waals surface area contributed by atoms with Gasteiger partial charge in [0.1, 0.15) is 0 Å². The van der Waals surface area contributed by atoms with Crippen LogP contribution in [0.15, 0.2) is 24.3 Å². The van der Waals surface area contributed by atoms with Gasteiger partial charge in [-0.25, -0.2) is 0 Å². The standard InChI is InChI=1S/C12H16N2O4/c1-8(7-15)13-12(16)9(2)10-4-3-5-11(6-10)14(17)18/h3-6,8-9,15H,7H2,1-2H3,(H,13,16)/t8-,9?/m1/s1. The molecule has 0 aromatic heterocycles. The van der Waals surface area contributed by atoms with Crippen LogP contribution in [0.25, 0.3) is 0 Å². The molecule has 18 heavy (non-hydrogen) atoms. The van der Waals surface area contributed by atoms with E-state index in [9.17, 15) is 14.9 Å². The fraction of sp³-hybridized carbons (Fsp3) is 0.417. The number of hydrogen-bond acceptors (Lipinski definition) is 4. The lowest BCUT2D eigenvalue weighted by molar-refractivity contribution is -0.384. The van der Waals surface area contributed by atoms with Gasteiger partial charge in [-0.2, -0.15) is 0 Å². The highest BCUT2D eigenvalue weighted by molar-refractivity contribution is 5.83. The largest absolute Gasteiger partial charge is 0.394 e. The van der Waals surface area contributed by atoms with E-state index in [0.29, 0.717) is 5.56 Å². The Balaban J connectivity index is 2.83. The molecule has 1 unspecified atom stereocenters. The van der Waals surface area contributed by atoms with Crippen molar-refractivity contribution < 1.29 is 14.8 Å². The van der Waals surface area contributed by atoms with E-state index in [1.54, 1.807) is 26.0 Å². The summed E-state index contributed by atoms with van der Waals surface area (Å²) in [6.07, 6.45) is 0. The van der Waals surface area contributed by atoms with Gasteiger partial charge < -0.3 is 10.4 Å². The van der Waals surface area contributed by atoms with E-state index in [-0.39, 0.29) is 24.2 Å². The average Bonchev–Trinajstić information content (AvgIpc) is 2.37. The first-order valence-corrected chi connectivity index (χ1v) is 5.61. The summed E-state index contributed by atoms with van der Waals surface area (Å²) < 4.78 is 0. The molecule has 0 bridgehead atoms. The second-order valence-electron chi connectivity index (χ2n) is 4.17. The van der Waals surface area contributed by atoms with Gasteiger partial charge in [0.2, 0.25) is 5.91 Å². The van der Waals surface area contributed by atoms with Crippen LogP contribution in [0.5, 0.6) is 0 Å². The van der Waals surface area contributed by atoms with Crippen molar-refractivity contribution in [3.8, 4) is 0 Å². The molecule has 2 N–H and O–H groups in total. The lowest BCUT2D eigenvalue weighted by Crippen LogP contribution is -2.37. The van der Waals surface area contributed by atoms with Crippen LogP contribution < -0.4 is 5.32 Å². The Morgan fingerprint density at radius 1 is 1.50 bits per heavy atom. The number of rotatable bonds is 5. The number of nitrogens with one attached hydrogen (secondary N) is 1. The van der Waals surface area contributed by atoms with E-state index in [4.69, 9.17) is 5.11 Å². The molecular weight excluding hydrogens is 236 g/mol. The van der Waals surface area contributed by atoms with Gasteiger partial charge in [0.25, 0.3) is 5.69 Å². The number of aliphatic hydroxyl groups is 1. The normalized spacial score (nSPS) is 13.7.